The predicted octanol–water partition coefficient (Wildman–Crippen LogP) is 3.76. The van der Waals surface area contributed by atoms with Gasteiger partial charge in [0.1, 0.15) is 11.9 Å². The molecule has 0 fully saturated rings. The first kappa shape index (κ1) is 13.1. The van der Waals surface area contributed by atoms with Gasteiger partial charge in [-0.2, -0.15) is 0 Å². The maximum Gasteiger partial charge on any atom is 0.125 e. The molecule has 0 bridgehead atoms. The lowest BCUT2D eigenvalue weighted by molar-refractivity contribution is 0.217. The first-order valence-corrected chi connectivity index (χ1v) is 6.74. The molecule has 18 heavy (non-hydrogen) atoms. The maximum absolute atomic E-state index is 10.6. The second-order valence-corrected chi connectivity index (χ2v) is 5.84. The molecule has 1 aromatic heterocycles. The number of methoxy groups -OCH3 is 1. The van der Waals surface area contributed by atoms with E-state index in [9.17, 15) is 5.11 Å². The average Bonchev–Trinajstić information content (AvgIpc) is 2.67. The van der Waals surface area contributed by atoms with E-state index in [2.05, 4.69) is 13.0 Å². The van der Waals surface area contributed by atoms with Crippen LogP contribution in [0, 0.1) is 20.8 Å². The van der Waals surface area contributed by atoms with Gasteiger partial charge in [0.05, 0.1) is 7.11 Å². The molecule has 3 heteroatoms. The smallest absolute Gasteiger partial charge is 0.125 e. The van der Waals surface area contributed by atoms with E-state index < -0.39 is 6.10 Å². The number of thiophene rings is 1. The molecule has 96 valence electrons. The van der Waals surface area contributed by atoms with E-state index >= 15 is 0 Å². The Morgan fingerprint density at radius 1 is 1.17 bits per heavy atom. The Hall–Kier alpha value is -1.32. The molecule has 1 unspecified atom stereocenters. The highest BCUT2D eigenvalue weighted by Gasteiger charge is 2.19. The first-order valence-electron chi connectivity index (χ1n) is 5.92. The molecule has 2 aromatic rings. The molecule has 0 aliphatic heterocycles. The lowest BCUT2D eigenvalue weighted by atomic mass is 10.0. The molecule has 0 spiro atoms. The van der Waals surface area contributed by atoms with Crippen molar-refractivity contribution >= 4 is 11.3 Å². The second kappa shape index (κ2) is 5.12. The van der Waals surface area contributed by atoms with Gasteiger partial charge in [-0.05, 0) is 44.5 Å². The fraction of sp³-hybridized carbons (Fsp3) is 0.333. The van der Waals surface area contributed by atoms with Crippen LogP contribution >= 0.6 is 11.3 Å². The van der Waals surface area contributed by atoms with E-state index in [1.165, 1.54) is 4.88 Å². The highest BCUT2D eigenvalue weighted by atomic mass is 32.1. The largest absolute Gasteiger partial charge is 0.496 e. The van der Waals surface area contributed by atoms with E-state index in [0.29, 0.717) is 0 Å². The highest BCUT2D eigenvalue weighted by Crippen LogP contribution is 2.36. The van der Waals surface area contributed by atoms with Gasteiger partial charge in [0.25, 0.3) is 0 Å². The van der Waals surface area contributed by atoms with Gasteiger partial charge in [-0.1, -0.05) is 11.6 Å². The Bertz CT molecular complexity index is 558. The van der Waals surface area contributed by atoms with Crippen LogP contribution < -0.4 is 4.74 Å². The van der Waals surface area contributed by atoms with Gasteiger partial charge < -0.3 is 9.84 Å². The summed E-state index contributed by atoms with van der Waals surface area (Å²) in [5.74, 6) is 0.735. The SMILES string of the molecule is COc1ccc(C)cc1C(O)c1sc(C)cc1C. The lowest BCUT2D eigenvalue weighted by Crippen LogP contribution is -2.02. The zero-order valence-electron chi connectivity index (χ0n) is 11.2. The monoisotopic (exact) mass is 262 g/mol. The van der Waals surface area contributed by atoms with E-state index in [0.717, 1.165) is 27.3 Å². The summed E-state index contributed by atoms with van der Waals surface area (Å²) >= 11 is 1.64. The molecule has 0 saturated carbocycles. The summed E-state index contributed by atoms with van der Waals surface area (Å²) < 4.78 is 5.33. The van der Waals surface area contributed by atoms with Gasteiger partial charge in [-0.3, -0.25) is 0 Å². The third kappa shape index (κ3) is 2.42. The van der Waals surface area contributed by atoms with Crippen molar-refractivity contribution in [2.24, 2.45) is 0 Å². The number of aliphatic hydroxyl groups is 1. The number of hydrogen-bond donors (Lipinski definition) is 1. The van der Waals surface area contributed by atoms with Gasteiger partial charge in [0.2, 0.25) is 0 Å². The topological polar surface area (TPSA) is 29.5 Å². The molecule has 2 rings (SSSR count). The van der Waals surface area contributed by atoms with Crippen LogP contribution in [-0.2, 0) is 0 Å². The molecule has 0 aliphatic carbocycles. The summed E-state index contributed by atoms with van der Waals surface area (Å²) in [6, 6.07) is 7.98. The zero-order chi connectivity index (χ0) is 13.3. The summed E-state index contributed by atoms with van der Waals surface area (Å²) in [5.41, 5.74) is 3.09. The fourth-order valence-corrected chi connectivity index (χ4v) is 3.18. The molecule has 1 atom stereocenters. The quantitative estimate of drug-likeness (QED) is 0.912. The van der Waals surface area contributed by atoms with Crippen LogP contribution in [0.4, 0.5) is 0 Å². The Morgan fingerprint density at radius 3 is 2.44 bits per heavy atom. The lowest BCUT2D eigenvalue weighted by Gasteiger charge is -2.15. The van der Waals surface area contributed by atoms with Crippen molar-refractivity contribution in [3.8, 4) is 5.75 Å². The molecule has 0 aliphatic rings. The average molecular weight is 262 g/mol. The fourth-order valence-electron chi connectivity index (χ4n) is 2.14. The maximum atomic E-state index is 10.6. The minimum atomic E-state index is -0.612. The number of ether oxygens (including phenoxy) is 1. The third-order valence-corrected chi connectivity index (χ3v) is 4.21. The Morgan fingerprint density at radius 2 is 1.89 bits per heavy atom. The van der Waals surface area contributed by atoms with Crippen molar-refractivity contribution in [2.45, 2.75) is 26.9 Å². The van der Waals surface area contributed by atoms with Crippen LogP contribution in [0.25, 0.3) is 0 Å². The number of benzene rings is 1. The summed E-state index contributed by atoms with van der Waals surface area (Å²) in [4.78, 5) is 2.21. The highest BCUT2D eigenvalue weighted by molar-refractivity contribution is 7.12. The normalized spacial score (nSPS) is 12.5. The van der Waals surface area contributed by atoms with Crippen molar-refractivity contribution in [1.29, 1.82) is 0 Å². The van der Waals surface area contributed by atoms with Gasteiger partial charge in [-0.15, -0.1) is 11.3 Å². The first-order chi connectivity index (χ1) is 8.52. The molecule has 0 amide bonds. The number of hydrogen-bond acceptors (Lipinski definition) is 3. The Balaban J connectivity index is 2.48. The number of aryl methyl sites for hydroxylation is 3. The van der Waals surface area contributed by atoms with Gasteiger partial charge in [0.15, 0.2) is 0 Å². The van der Waals surface area contributed by atoms with Gasteiger partial charge in [-0.25, -0.2) is 0 Å². The standard InChI is InChI=1S/C15H18O2S/c1-9-5-6-13(17-4)12(7-9)14(16)15-10(2)8-11(3)18-15/h5-8,14,16H,1-4H3. The molecular weight excluding hydrogens is 244 g/mol. The molecule has 2 nitrogen and oxygen atoms in total. The summed E-state index contributed by atoms with van der Waals surface area (Å²) in [6.45, 7) is 6.11. The van der Waals surface area contributed by atoms with Crippen molar-refractivity contribution in [3.05, 3.63) is 50.7 Å². The molecule has 1 aromatic carbocycles. The van der Waals surface area contributed by atoms with Crippen molar-refractivity contribution in [2.75, 3.05) is 7.11 Å². The third-order valence-electron chi connectivity index (χ3n) is 3.01. The minimum Gasteiger partial charge on any atom is -0.496 e. The van der Waals surface area contributed by atoms with E-state index in [-0.39, 0.29) is 0 Å². The molecule has 0 saturated heterocycles. The van der Waals surface area contributed by atoms with Gasteiger partial charge >= 0.3 is 0 Å². The number of rotatable bonds is 3. The molecular formula is C15H18O2S. The predicted molar refractivity (Wildman–Crippen MR) is 75.6 cm³/mol. The summed E-state index contributed by atoms with van der Waals surface area (Å²) in [6.07, 6.45) is -0.612. The van der Waals surface area contributed by atoms with Gasteiger partial charge in [0, 0.05) is 15.3 Å². The zero-order valence-corrected chi connectivity index (χ0v) is 12.0. The molecule has 1 heterocycles. The van der Waals surface area contributed by atoms with Crippen LogP contribution in [0.5, 0.6) is 5.75 Å². The van der Waals surface area contributed by atoms with Crippen molar-refractivity contribution in [3.63, 3.8) is 0 Å². The van der Waals surface area contributed by atoms with E-state index in [1.807, 2.05) is 32.0 Å². The van der Waals surface area contributed by atoms with Crippen LogP contribution in [0.2, 0.25) is 0 Å². The summed E-state index contributed by atoms with van der Waals surface area (Å²) in [7, 11) is 1.63. The van der Waals surface area contributed by atoms with Crippen LogP contribution in [-0.4, -0.2) is 12.2 Å². The molecule has 0 radical (unpaired) electrons. The summed E-state index contributed by atoms with van der Waals surface area (Å²) in [5, 5.41) is 10.6. The molecule has 1 N–H and O–H groups in total. The minimum absolute atomic E-state index is 0.612. The van der Waals surface area contributed by atoms with Crippen LogP contribution in [0.1, 0.15) is 32.5 Å². The Kier molecular flexibility index (Phi) is 3.73. The Labute approximate surface area is 112 Å². The second-order valence-electron chi connectivity index (χ2n) is 4.55. The van der Waals surface area contributed by atoms with E-state index in [1.54, 1.807) is 18.4 Å². The number of aliphatic hydroxyl groups excluding tert-OH is 1. The van der Waals surface area contributed by atoms with Crippen LogP contribution in [0.15, 0.2) is 24.3 Å². The van der Waals surface area contributed by atoms with E-state index in [4.69, 9.17) is 4.74 Å². The van der Waals surface area contributed by atoms with Crippen molar-refractivity contribution < 1.29 is 9.84 Å². The van der Waals surface area contributed by atoms with Crippen molar-refractivity contribution in [1.82, 2.24) is 0 Å². The van der Waals surface area contributed by atoms with Crippen LogP contribution in [0.3, 0.4) is 0 Å².